The molecule has 0 radical (unpaired) electrons. The van der Waals surface area contributed by atoms with Crippen LogP contribution in [-0.4, -0.2) is 4.98 Å². The molecule has 1 fully saturated rings. The molecule has 0 unspecified atom stereocenters. The lowest BCUT2D eigenvalue weighted by Crippen LogP contribution is -2.27. The van der Waals surface area contributed by atoms with Crippen molar-refractivity contribution < 1.29 is 0 Å². The van der Waals surface area contributed by atoms with E-state index in [0.717, 1.165) is 17.8 Å². The zero-order chi connectivity index (χ0) is 17.8. The Balaban J connectivity index is 1.33. The van der Waals surface area contributed by atoms with Crippen LogP contribution in [0.3, 0.4) is 0 Å². The number of thiophene rings is 1. The van der Waals surface area contributed by atoms with Gasteiger partial charge in [0, 0.05) is 5.69 Å². The van der Waals surface area contributed by atoms with Crippen LogP contribution >= 0.6 is 11.3 Å². The van der Waals surface area contributed by atoms with Crippen molar-refractivity contribution in [1.29, 1.82) is 0 Å². The molecule has 0 aliphatic heterocycles. The fourth-order valence-electron chi connectivity index (χ4n) is 5.23. The first-order valence-corrected chi connectivity index (χ1v) is 11.7. The maximum atomic E-state index is 5.00. The summed E-state index contributed by atoms with van der Waals surface area (Å²) in [6.07, 6.45) is 15.5. The van der Waals surface area contributed by atoms with Crippen molar-refractivity contribution in [2.75, 3.05) is 0 Å². The molecular formula is C24H33NS. The smallest absolute Gasteiger partial charge is 0.0805 e. The number of unbranched alkanes of at least 4 members (excludes halogenated alkanes) is 2. The average Bonchev–Trinajstić information content (AvgIpc) is 3.23. The van der Waals surface area contributed by atoms with E-state index >= 15 is 0 Å². The van der Waals surface area contributed by atoms with Gasteiger partial charge in [0.15, 0.2) is 0 Å². The van der Waals surface area contributed by atoms with Gasteiger partial charge in [-0.1, -0.05) is 57.6 Å². The summed E-state index contributed by atoms with van der Waals surface area (Å²) in [7, 11) is 0. The summed E-state index contributed by atoms with van der Waals surface area (Å²) in [6.45, 7) is 2.32. The van der Waals surface area contributed by atoms with E-state index in [1.165, 1.54) is 92.5 Å². The molecule has 2 aromatic heterocycles. The van der Waals surface area contributed by atoms with Crippen LogP contribution < -0.4 is 0 Å². The highest BCUT2D eigenvalue weighted by Crippen LogP contribution is 2.40. The quantitative estimate of drug-likeness (QED) is 0.488. The van der Waals surface area contributed by atoms with E-state index in [1.807, 2.05) is 0 Å². The lowest BCUT2D eigenvalue weighted by molar-refractivity contribution is 0.182. The number of hydrogen-bond donors (Lipinski definition) is 0. The van der Waals surface area contributed by atoms with E-state index in [-0.39, 0.29) is 0 Å². The fraction of sp³-hybridized carbons (Fsp3) is 0.625. The molecular weight excluding hydrogens is 334 g/mol. The SMILES string of the molecule is CCCCCC1CCC([C@H]2CCc3nc(-c4cccs4)ccc3C2)CC1. The van der Waals surface area contributed by atoms with Crippen LogP contribution in [0, 0.1) is 17.8 Å². The lowest BCUT2D eigenvalue weighted by Gasteiger charge is -2.36. The number of aromatic nitrogens is 1. The van der Waals surface area contributed by atoms with Crippen LogP contribution in [0.1, 0.15) is 76.0 Å². The molecule has 0 N–H and O–H groups in total. The van der Waals surface area contributed by atoms with Crippen molar-refractivity contribution in [3.05, 3.63) is 40.9 Å². The van der Waals surface area contributed by atoms with Crippen molar-refractivity contribution in [2.24, 2.45) is 17.8 Å². The average molecular weight is 368 g/mol. The third kappa shape index (κ3) is 4.22. The monoisotopic (exact) mass is 367 g/mol. The van der Waals surface area contributed by atoms with Gasteiger partial charge in [0.1, 0.15) is 0 Å². The Kier molecular flexibility index (Phi) is 6.09. The van der Waals surface area contributed by atoms with Gasteiger partial charge in [-0.3, -0.25) is 4.98 Å². The van der Waals surface area contributed by atoms with Gasteiger partial charge in [-0.2, -0.15) is 0 Å². The van der Waals surface area contributed by atoms with Crippen LogP contribution in [-0.2, 0) is 12.8 Å². The minimum atomic E-state index is 0.911. The molecule has 1 nitrogen and oxygen atoms in total. The first-order valence-electron chi connectivity index (χ1n) is 10.9. The Morgan fingerprint density at radius 2 is 1.88 bits per heavy atom. The molecule has 2 aromatic rings. The molecule has 1 saturated carbocycles. The minimum Gasteiger partial charge on any atom is -0.252 e. The van der Waals surface area contributed by atoms with Crippen LogP contribution in [0.15, 0.2) is 29.6 Å². The van der Waals surface area contributed by atoms with Crippen molar-refractivity contribution in [2.45, 2.75) is 77.6 Å². The maximum Gasteiger partial charge on any atom is 0.0805 e. The van der Waals surface area contributed by atoms with Crippen molar-refractivity contribution in [3.8, 4) is 10.6 Å². The molecule has 0 aromatic carbocycles. The van der Waals surface area contributed by atoms with E-state index in [2.05, 4.69) is 36.6 Å². The van der Waals surface area contributed by atoms with E-state index in [9.17, 15) is 0 Å². The number of pyridine rings is 1. The van der Waals surface area contributed by atoms with Gasteiger partial charge in [-0.25, -0.2) is 0 Å². The predicted octanol–water partition coefficient (Wildman–Crippen LogP) is 7.30. The zero-order valence-electron chi connectivity index (χ0n) is 16.3. The van der Waals surface area contributed by atoms with Crippen LogP contribution in [0.5, 0.6) is 0 Å². The largest absolute Gasteiger partial charge is 0.252 e. The third-order valence-corrected chi connectivity index (χ3v) is 7.74. The Morgan fingerprint density at radius 1 is 1.00 bits per heavy atom. The second-order valence-electron chi connectivity index (χ2n) is 8.56. The number of rotatable bonds is 6. The predicted molar refractivity (Wildman–Crippen MR) is 113 cm³/mol. The van der Waals surface area contributed by atoms with E-state index < -0.39 is 0 Å². The highest BCUT2D eigenvalue weighted by Gasteiger charge is 2.30. The van der Waals surface area contributed by atoms with Crippen LogP contribution in [0.4, 0.5) is 0 Å². The van der Waals surface area contributed by atoms with Gasteiger partial charge in [0.05, 0.1) is 10.6 Å². The lowest BCUT2D eigenvalue weighted by atomic mass is 9.70. The van der Waals surface area contributed by atoms with E-state index in [4.69, 9.17) is 4.98 Å². The first kappa shape index (κ1) is 18.2. The van der Waals surface area contributed by atoms with Crippen molar-refractivity contribution >= 4 is 11.3 Å². The first-order chi connectivity index (χ1) is 12.8. The van der Waals surface area contributed by atoms with Crippen LogP contribution in [0.25, 0.3) is 10.6 Å². The Hall–Kier alpha value is -1.15. The molecule has 0 saturated heterocycles. The van der Waals surface area contributed by atoms with Crippen LogP contribution in [0.2, 0.25) is 0 Å². The Labute approximate surface area is 163 Å². The summed E-state index contributed by atoms with van der Waals surface area (Å²) in [6, 6.07) is 8.93. The van der Waals surface area contributed by atoms with Crippen molar-refractivity contribution in [1.82, 2.24) is 4.98 Å². The van der Waals surface area contributed by atoms with Gasteiger partial charge in [-0.05, 0) is 72.9 Å². The van der Waals surface area contributed by atoms with Gasteiger partial charge < -0.3 is 0 Å². The van der Waals surface area contributed by atoms with Crippen molar-refractivity contribution in [3.63, 3.8) is 0 Å². The summed E-state index contributed by atoms with van der Waals surface area (Å²) in [5.74, 6) is 2.92. The third-order valence-electron chi connectivity index (χ3n) is 6.85. The maximum absolute atomic E-state index is 5.00. The molecule has 2 aliphatic rings. The summed E-state index contributed by atoms with van der Waals surface area (Å²) >= 11 is 1.79. The van der Waals surface area contributed by atoms with Gasteiger partial charge in [-0.15, -0.1) is 11.3 Å². The number of fused-ring (bicyclic) bond motifs is 1. The van der Waals surface area contributed by atoms with Gasteiger partial charge >= 0.3 is 0 Å². The van der Waals surface area contributed by atoms with E-state index in [0.29, 0.717) is 0 Å². The molecule has 0 amide bonds. The molecule has 0 spiro atoms. The molecule has 0 bridgehead atoms. The van der Waals surface area contributed by atoms with E-state index in [1.54, 1.807) is 11.3 Å². The molecule has 2 heteroatoms. The Bertz CT molecular complexity index is 682. The molecule has 4 rings (SSSR count). The topological polar surface area (TPSA) is 12.9 Å². The fourth-order valence-corrected chi connectivity index (χ4v) is 5.93. The van der Waals surface area contributed by atoms with Gasteiger partial charge in [0.2, 0.25) is 0 Å². The second kappa shape index (κ2) is 8.69. The second-order valence-corrected chi connectivity index (χ2v) is 9.51. The zero-order valence-corrected chi connectivity index (χ0v) is 17.1. The highest BCUT2D eigenvalue weighted by molar-refractivity contribution is 7.13. The summed E-state index contributed by atoms with van der Waals surface area (Å²) < 4.78 is 0. The molecule has 2 heterocycles. The standard InChI is InChI=1S/C24H33NS/c1-2-3-4-6-18-8-10-19(11-9-18)20-12-14-22-21(17-20)13-15-23(25-22)24-7-5-16-26-24/h5,7,13,15-16,18-20H,2-4,6,8-12,14,17H2,1H3/t18?,19?,20-/m0/s1. The number of nitrogens with zero attached hydrogens (tertiary/aromatic N) is 1. The summed E-state index contributed by atoms with van der Waals surface area (Å²) in [5.41, 5.74) is 4.08. The normalized spacial score (nSPS) is 25.8. The Morgan fingerprint density at radius 3 is 2.65 bits per heavy atom. The summed E-state index contributed by atoms with van der Waals surface area (Å²) in [4.78, 5) is 6.30. The molecule has 2 aliphatic carbocycles. The minimum absolute atomic E-state index is 0.911. The molecule has 1 atom stereocenters. The molecule has 140 valence electrons. The number of aryl methyl sites for hydroxylation is 1. The summed E-state index contributed by atoms with van der Waals surface area (Å²) in [5, 5.41) is 2.14. The molecule has 26 heavy (non-hydrogen) atoms. The van der Waals surface area contributed by atoms with Gasteiger partial charge in [0.25, 0.3) is 0 Å². The highest BCUT2D eigenvalue weighted by atomic mass is 32.1. The number of hydrogen-bond acceptors (Lipinski definition) is 2.